The molecule has 1 aromatic rings. The summed E-state index contributed by atoms with van der Waals surface area (Å²) in [4.78, 5) is 9.68. The zero-order valence-electron chi connectivity index (χ0n) is 9.13. The van der Waals surface area contributed by atoms with Crippen molar-refractivity contribution in [2.24, 2.45) is 5.92 Å². The molecule has 0 aliphatic carbocycles. The fourth-order valence-corrected chi connectivity index (χ4v) is 1.97. The first-order chi connectivity index (χ1) is 7.90. The van der Waals surface area contributed by atoms with Gasteiger partial charge in [-0.15, -0.1) is 0 Å². The van der Waals surface area contributed by atoms with Crippen molar-refractivity contribution in [3.63, 3.8) is 0 Å². The molecule has 2 rings (SSSR count). The summed E-state index contributed by atoms with van der Waals surface area (Å²) in [6.07, 6.45) is 1.18. The summed E-state index contributed by atoms with van der Waals surface area (Å²) >= 11 is 11.5. The van der Waals surface area contributed by atoms with E-state index in [1.165, 1.54) is 13.1 Å². The Bertz CT molecular complexity index is 428. The Hall–Kier alpha value is -0.680. The molecule has 0 unspecified atom stereocenters. The van der Waals surface area contributed by atoms with Gasteiger partial charge in [0.15, 0.2) is 5.15 Å². The maximum absolute atomic E-state index is 13.3. The summed E-state index contributed by atoms with van der Waals surface area (Å²) < 4.78 is 26.6. The van der Waals surface area contributed by atoms with Crippen molar-refractivity contribution in [2.75, 3.05) is 18.0 Å². The molecule has 0 spiro atoms. The predicted octanol–water partition coefficient (Wildman–Crippen LogP) is 3.26. The molecule has 0 radical (unpaired) electrons. The lowest BCUT2D eigenvalue weighted by atomic mass is 9.96. The third-order valence-electron chi connectivity index (χ3n) is 2.90. The molecule has 1 atom stereocenters. The molecule has 3 nitrogen and oxygen atoms in total. The van der Waals surface area contributed by atoms with E-state index in [0.717, 1.165) is 0 Å². The average molecular weight is 282 g/mol. The van der Waals surface area contributed by atoms with Gasteiger partial charge in [-0.25, -0.2) is 13.8 Å². The molecule has 0 aromatic carbocycles. The first-order valence-corrected chi connectivity index (χ1v) is 5.96. The highest BCUT2D eigenvalue weighted by Gasteiger charge is 2.41. The van der Waals surface area contributed by atoms with Crippen LogP contribution < -0.4 is 4.90 Å². The molecule has 1 aliphatic rings. The van der Waals surface area contributed by atoms with E-state index in [0.29, 0.717) is 5.95 Å². The normalized spacial score (nSPS) is 23.8. The zero-order valence-corrected chi connectivity index (χ0v) is 10.6. The van der Waals surface area contributed by atoms with Crippen LogP contribution in [-0.4, -0.2) is 29.0 Å². The Kier molecular flexibility index (Phi) is 3.41. The maximum Gasteiger partial charge on any atom is 0.254 e. The van der Waals surface area contributed by atoms with Gasteiger partial charge in [0.25, 0.3) is 5.92 Å². The van der Waals surface area contributed by atoms with Gasteiger partial charge in [-0.2, -0.15) is 4.98 Å². The highest BCUT2D eigenvalue weighted by atomic mass is 35.5. The second kappa shape index (κ2) is 4.53. The van der Waals surface area contributed by atoms with Gasteiger partial charge >= 0.3 is 0 Å². The third kappa shape index (κ3) is 2.60. The minimum absolute atomic E-state index is 0.140. The van der Waals surface area contributed by atoms with Crippen LogP contribution in [0.15, 0.2) is 6.20 Å². The minimum atomic E-state index is -2.62. The second-order valence-corrected chi connectivity index (χ2v) is 4.93. The van der Waals surface area contributed by atoms with Gasteiger partial charge in [-0.1, -0.05) is 30.1 Å². The van der Waals surface area contributed by atoms with Crippen LogP contribution in [0.2, 0.25) is 10.2 Å². The number of halogens is 4. The van der Waals surface area contributed by atoms with Crippen LogP contribution in [0.3, 0.4) is 0 Å². The highest BCUT2D eigenvalue weighted by Crippen LogP contribution is 2.34. The number of alkyl halides is 2. The van der Waals surface area contributed by atoms with Gasteiger partial charge in [0.1, 0.15) is 0 Å². The summed E-state index contributed by atoms with van der Waals surface area (Å²) in [7, 11) is 0. The summed E-state index contributed by atoms with van der Waals surface area (Å²) in [5.74, 6) is -3.00. The fourth-order valence-electron chi connectivity index (χ4n) is 1.76. The quantitative estimate of drug-likeness (QED) is 0.740. The standard InChI is InChI=1S/C10H11Cl2F2N3/c1-6-5-17(3-2-10(6,13)14)9-15-4-7(11)8(12)16-9/h4,6H,2-3,5H2,1H3/t6-/m0/s1. The number of aromatic nitrogens is 2. The lowest BCUT2D eigenvalue weighted by Gasteiger charge is -2.36. The van der Waals surface area contributed by atoms with Crippen LogP contribution in [0.5, 0.6) is 0 Å². The average Bonchev–Trinajstić information content (AvgIpc) is 2.26. The van der Waals surface area contributed by atoms with Gasteiger partial charge < -0.3 is 4.90 Å². The fraction of sp³-hybridized carbons (Fsp3) is 0.600. The molecule has 94 valence electrons. The van der Waals surface area contributed by atoms with E-state index < -0.39 is 11.8 Å². The zero-order chi connectivity index (χ0) is 12.6. The Morgan fingerprint density at radius 1 is 1.47 bits per heavy atom. The van der Waals surface area contributed by atoms with Crippen LogP contribution in [0.25, 0.3) is 0 Å². The molecule has 1 fully saturated rings. The smallest absolute Gasteiger partial charge is 0.254 e. The monoisotopic (exact) mass is 281 g/mol. The van der Waals surface area contributed by atoms with Crippen LogP contribution in [0, 0.1) is 5.92 Å². The predicted molar refractivity (Wildman–Crippen MR) is 63.0 cm³/mol. The maximum atomic E-state index is 13.3. The van der Waals surface area contributed by atoms with E-state index in [-0.39, 0.29) is 29.7 Å². The minimum Gasteiger partial charge on any atom is -0.340 e. The Morgan fingerprint density at radius 3 is 2.76 bits per heavy atom. The van der Waals surface area contributed by atoms with Crippen molar-refractivity contribution >= 4 is 29.2 Å². The van der Waals surface area contributed by atoms with Crippen molar-refractivity contribution in [1.29, 1.82) is 0 Å². The van der Waals surface area contributed by atoms with E-state index in [1.54, 1.807) is 4.90 Å². The van der Waals surface area contributed by atoms with E-state index >= 15 is 0 Å². The second-order valence-electron chi connectivity index (χ2n) is 4.17. The molecule has 1 aromatic heterocycles. The van der Waals surface area contributed by atoms with E-state index in [4.69, 9.17) is 23.2 Å². The van der Waals surface area contributed by atoms with Crippen LogP contribution in [0.4, 0.5) is 14.7 Å². The van der Waals surface area contributed by atoms with Gasteiger partial charge in [0.2, 0.25) is 5.95 Å². The number of rotatable bonds is 1. The summed E-state index contributed by atoms with van der Waals surface area (Å²) in [6.45, 7) is 1.95. The molecule has 17 heavy (non-hydrogen) atoms. The summed E-state index contributed by atoms with van der Waals surface area (Å²) in [6, 6.07) is 0. The first-order valence-electron chi connectivity index (χ1n) is 5.21. The number of hydrogen-bond acceptors (Lipinski definition) is 3. The number of nitrogens with zero attached hydrogens (tertiary/aromatic N) is 3. The number of piperidine rings is 1. The summed E-state index contributed by atoms with van der Waals surface area (Å²) in [5.41, 5.74) is 0. The van der Waals surface area contributed by atoms with E-state index in [1.807, 2.05) is 0 Å². The largest absolute Gasteiger partial charge is 0.340 e. The molecular formula is C10H11Cl2F2N3. The van der Waals surface area contributed by atoms with Crippen molar-refractivity contribution in [1.82, 2.24) is 9.97 Å². The molecule has 1 aliphatic heterocycles. The van der Waals surface area contributed by atoms with Crippen molar-refractivity contribution in [2.45, 2.75) is 19.3 Å². The van der Waals surface area contributed by atoms with Gasteiger partial charge in [-0.3, -0.25) is 0 Å². The molecule has 1 saturated heterocycles. The molecule has 0 N–H and O–H groups in total. The molecule has 7 heteroatoms. The molecule has 0 amide bonds. The lowest BCUT2D eigenvalue weighted by Crippen LogP contribution is -2.46. The highest BCUT2D eigenvalue weighted by molar-refractivity contribution is 6.41. The van der Waals surface area contributed by atoms with Crippen LogP contribution in [-0.2, 0) is 0 Å². The van der Waals surface area contributed by atoms with Crippen LogP contribution in [0.1, 0.15) is 13.3 Å². The Balaban J connectivity index is 2.17. The van der Waals surface area contributed by atoms with Crippen molar-refractivity contribution in [3.05, 3.63) is 16.4 Å². The van der Waals surface area contributed by atoms with Gasteiger partial charge in [0, 0.05) is 25.4 Å². The Labute approximate surface area is 108 Å². The molecule has 0 bridgehead atoms. The first kappa shape index (κ1) is 12.8. The SMILES string of the molecule is C[C@H]1CN(c2ncc(Cl)c(Cl)n2)CCC1(F)F. The molecular weight excluding hydrogens is 271 g/mol. The van der Waals surface area contributed by atoms with Gasteiger partial charge in [-0.05, 0) is 0 Å². The Morgan fingerprint density at radius 2 is 2.18 bits per heavy atom. The number of hydrogen-bond donors (Lipinski definition) is 0. The lowest BCUT2D eigenvalue weighted by molar-refractivity contribution is -0.0653. The van der Waals surface area contributed by atoms with E-state index in [9.17, 15) is 8.78 Å². The summed E-state index contributed by atoms with van der Waals surface area (Å²) in [5, 5.41) is 0.396. The molecule has 0 saturated carbocycles. The van der Waals surface area contributed by atoms with Crippen molar-refractivity contribution in [3.8, 4) is 0 Å². The van der Waals surface area contributed by atoms with Crippen molar-refractivity contribution < 1.29 is 8.78 Å². The molecule has 2 heterocycles. The third-order valence-corrected chi connectivity index (χ3v) is 3.56. The topological polar surface area (TPSA) is 29.0 Å². The van der Waals surface area contributed by atoms with Gasteiger partial charge in [0.05, 0.1) is 11.2 Å². The van der Waals surface area contributed by atoms with Crippen LogP contribution >= 0.6 is 23.2 Å². The number of anilines is 1. The van der Waals surface area contributed by atoms with E-state index in [2.05, 4.69) is 9.97 Å².